The first kappa shape index (κ1) is 14.5. The highest BCUT2D eigenvalue weighted by molar-refractivity contribution is 9.10. The molecule has 1 aliphatic carbocycles. The number of carbonyl (C=O) groups excluding carboxylic acids is 1. The summed E-state index contributed by atoms with van der Waals surface area (Å²) in [5.74, 6) is -0.567. The lowest BCUT2D eigenvalue weighted by Gasteiger charge is -2.21. The third-order valence-corrected chi connectivity index (χ3v) is 4.27. The van der Waals surface area contributed by atoms with Crippen molar-refractivity contribution in [3.63, 3.8) is 0 Å². The topological polar surface area (TPSA) is 29.1 Å². The quantitative estimate of drug-likeness (QED) is 0.855. The Bertz CT molecular complexity index is 442. The predicted octanol–water partition coefficient (Wildman–Crippen LogP) is 4.43. The second kappa shape index (κ2) is 7.04. The minimum absolute atomic E-state index is 0.169. The standard InChI is InChI=1S/C15H19BrFNO/c16-13-9-8-11(10-14(13)17)15(19)18-12-6-4-2-1-3-5-7-12/h8-10,12H,1-7H2,(H,18,19). The van der Waals surface area contributed by atoms with Crippen molar-refractivity contribution in [2.45, 2.75) is 51.0 Å². The summed E-state index contributed by atoms with van der Waals surface area (Å²) in [5.41, 5.74) is 0.391. The van der Waals surface area contributed by atoms with Gasteiger partial charge in [0.2, 0.25) is 0 Å². The van der Waals surface area contributed by atoms with Crippen molar-refractivity contribution in [1.82, 2.24) is 5.32 Å². The highest BCUT2D eigenvalue weighted by Gasteiger charge is 2.15. The smallest absolute Gasteiger partial charge is 0.251 e. The molecule has 1 amide bonds. The molecule has 0 heterocycles. The van der Waals surface area contributed by atoms with Crippen LogP contribution in [0.25, 0.3) is 0 Å². The summed E-state index contributed by atoms with van der Waals surface area (Å²) in [6, 6.07) is 4.73. The van der Waals surface area contributed by atoms with Crippen LogP contribution in [0.5, 0.6) is 0 Å². The predicted molar refractivity (Wildman–Crippen MR) is 77.7 cm³/mol. The highest BCUT2D eigenvalue weighted by Crippen LogP contribution is 2.19. The summed E-state index contributed by atoms with van der Waals surface area (Å²) in [7, 11) is 0. The number of hydrogen-bond acceptors (Lipinski definition) is 1. The fraction of sp³-hybridized carbons (Fsp3) is 0.533. The maximum absolute atomic E-state index is 13.4. The fourth-order valence-corrected chi connectivity index (χ4v) is 2.75. The molecule has 1 aromatic carbocycles. The molecule has 0 radical (unpaired) electrons. The molecule has 0 aliphatic heterocycles. The Balaban J connectivity index is 1.96. The first-order valence-electron chi connectivity index (χ1n) is 6.93. The van der Waals surface area contributed by atoms with E-state index in [2.05, 4.69) is 21.2 Å². The SMILES string of the molecule is O=C(NC1CCCCCCC1)c1ccc(Br)c(F)c1. The van der Waals surface area contributed by atoms with Crippen LogP contribution in [0.4, 0.5) is 4.39 Å². The van der Waals surface area contributed by atoms with Gasteiger partial charge in [0.25, 0.3) is 5.91 Å². The van der Waals surface area contributed by atoms with Crippen LogP contribution in [0.2, 0.25) is 0 Å². The molecule has 0 unspecified atom stereocenters. The minimum Gasteiger partial charge on any atom is -0.349 e. The van der Waals surface area contributed by atoms with Crippen LogP contribution in [0.3, 0.4) is 0 Å². The second-order valence-electron chi connectivity index (χ2n) is 5.14. The monoisotopic (exact) mass is 327 g/mol. The maximum atomic E-state index is 13.4. The van der Waals surface area contributed by atoms with Crippen molar-refractivity contribution in [3.8, 4) is 0 Å². The van der Waals surface area contributed by atoms with Crippen LogP contribution in [0.1, 0.15) is 55.3 Å². The van der Waals surface area contributed by atoms with Crippen LogP contribution < -0.4 is 5.32 Å². The van der Waals surface area contributed by atoms with Gasteiger partial charge in [-0.2, -0.15) is 0 Å². The molecule has 104 valence electrons. The lowest BCUT2D eigenvalue weighted by molar-refractivity contribution is 0.0930. The highest BCUT2D eigenvalue weighted by atomic mass is 79.9. The van der Waals surface area contributed by atoms with E-state index in [1.807, 2.05) is 0 Å². The Morgan fingerprint density at radius 3 is 2.42 bits per heavy atom. The van der Waals surface area contributed by atoms with Crippen LogP contribution in [0, 0.1) is 5.82 Å². The van der Waals surface area contributed by atoms with Crippen molar-refractivity contribution in [3.05, 3.63) is 34.1 Å². The van der Waals surface area contributed by atoms with Gasteiger partial charge in [0.15, 0.2) is 0 Å². The number of amides is 1. The average molecular weight is 328 g/mol. The van der Waals surface area contributed by atoms with Crippen molar-refractivity contribution in [2.24, 2.45) is 0 Å². The average Bonchev–Trinajstić information content (AvgIpc) is 2.35. The summed E-state index contributed by atoms with van der Waals surface area (Å²) in [6.07, 6.45) is 8.20. The van der Waals surface area contributed by atoms with E-state index in [0.717, 1.165) is 12.8 Å². The molecule has 1 saturated carbocycles. The molecule has 2 nitrogen and oxygen atoms in total. The Morgan fingerprint density at radius 2 is 1.79 bits per heavy atom. The number of benzene rings is 1. The summed E-state index contributed by atoms with van der Waals surface area (Å²) in [6.45, 7) is 0. The van der Waals surface area contributed by atoms with Crippen molar-refractivity contribution >= 4 is 21.8 Å². The molecule has 0 aromatic heterocycles. The van der Waals surface area contributed by atoms with Gasteiger partial charge in [-0.15, -0.1) is 0 Å². The summed E-state index contributed by atoms with van der Waals surface area (Å²) < 4.78 is 13.8. The molecular formula is C15H19BrFNO. The second-order valence-corrected chi connectivity index (χ2v) is 6.00. The molecule has 0 atom stereocenters. The summed E-state index contributed by atoms with van der Waals surface area (Å²) in [4.78, 5) is 12.1. The van der Waals surface area contributed by atoms with Crippen molar-refractivity contribution < 1.29 is 9.18 Å². The first-order valence-corrected chi connectivity index (χ1v) is 7.72. The number of rotatable bonds is 2. The lowest BCUT2D eigenvalue weighted by Crippen LogP contribution is -2.35. The van der Waals surface area contributed by atoms with E-state index < -0.39 is 5.82 Å². The van der Waals surface area contributed by atoms with Gasteiger partial charge >= 0.3 is 0 Å². The van der Waals surface area contributed by atoms with E-state index >= 15 is 0 Å². The molecule has 0 spiro atoms. The first-order chi connectivity index (χ1) is 9.16. The van der Waals surface area contributed by atoms with Crippen LogP contribution in [-0.2, 0) is 0 Å². The van der Waals surface area contributed by atoms with E-state index in [4.69, 9.17) is 0 Å². The molecule has 1 aromatic rings. The van der Waals surface area contributed by atoms with Gasteiger partial charge in [-0.1, -0.05) is 32.1 Å². The van der Waals surface area contributed by atoms with Crippen molar-refractivity contribution in [1.29, 1.82) is 0 Å². The zero-order chi connectivity index (χ0) is 13.7. The third kappa shape index (κ3) is 4.30. The Labute approximate surface area is 121 Å². The maximum Gasteiger partial charge on any atom is 0.251 e. The van der Waals surface area contributed by atoms with Crippen LogP contribution in [-0.4, -0.2) is 11.9 Å². The van der Waals surface area contributed by atoms with Gasteiger partial charge in [0, 0.05) is 11.6 Å². The minimum atomic E-state index is -0.398. The molecule has 4 heteroatoms. The normalized spacial score (nSPS) is 17.6. The number of carbonyl (C=O) groups is 1. The van der Waals surface area contributed by atoms with E-state index in [0.29, 0.717) is 10.0 Å². The van der Waals surface area contributed by atoms with Gasteiger partial charge in [-0.25, -0.2) is 4.39 Å². The number of hydrogen-bond donors (Lipinski definition) is 1. The zero-order valence-corrected chi connectivity index (χ0v) is 12.5. The molecule has 19 heavy (non-hydrogen) atoms. The molecule has 0 saturated heterocycles. The summed E-state index contributed by atoms with van der Waals surface area (Å²) in [5, 5.41) is 3.03. The van der Waals surface area contributed by atoms with Crippen LogP contribution in [0.15, 0.2) is 22.7 Å². The van der Waals surface area contributed by atoms with E-state index in [1.54, 1.807) is 12.1 Å². The number of halogens is 2. The third-order valence-electron chi connectivity index (χ3n) is 3.62. The molecule has 1 fully saturated rings. The lowest BCUT2D eigenvalue weighted by atomic mass is 9.96. The largest absolute Gasteiger partial charge is 0.349 e. The van der Waals surface area contributed by atoms with Gasteiger partial charge in [-0.3, -0.25) is 4.79 Å². The number of nitrogens with one attached hydrogen (secondary N) is 1. The van der Waals surface area contributed by atoms with E-state index in [9.17, 15) is 9.18 Å². The zero-order valence-electron chi connectivity index (χ0n) is 10.9. The van der Waals surface area contributed by atoms with E-state index in [1.165, 1.54) is 38.2 Å². The van der Waals surface area contributed by atoms with Gasteiger partial charge in [0.05, 0.1) is 4.47 Å². The molecule has 1 N–H and O–H groups in total. The van der Waals surface area contributed by atoms with Gasteiger partial charge < -0.3 is 5.32 Å². The Hall–Kier alpha value is -0.900. The molecule has 0 bridgehead atoms. The van der Waals surface area contributed by atoms with Crippen LogP contribution >= 0.6 is 15.9 Å². The van der Waals surface area contributed by atoms with E-state index in [-0.39, 0.29) is 11.9 Å². The van der Waals surface area contributed by atoms with Gasteiger partial charge in [-0.05, 0) is 47.0 Å². The Kier molecular flexibility index (Phi) is 5.37. The Morgan fingerprint density at radius 1 is 1.16 bits per heavy atom. The summed E-state index contributed by atoms with van der Waals surface area (Å²) >= 11 is 3.09. The van der Waals surface area contributed by atoms with Gasteiger partial charge in [0.1, 0.15) is 5.82 Å². The fourth-order valence-electron chi connectivity index (χ4n) is 2.51. The molecule has 2 rings (SSSR count). The molecule has 1 aliphatic rings. The molecular weight excluding hydrogens is 309 g/mol. The van der Waals surface area contributed by atoms with Crippen molar-refractivity contribution in [2.75, 3.05) is 0 Å².